The number of hydrogen-bond donors (Lipinski definition) is 1. The van der Waals surface area contributed by atoms with Crippen molar-refractivity contribution in [2.24, 2.45) is 0 Å². The van der Waals surface area contributed by atoms with Gasteiger partial charge in [-0.15, -0.1) is 0 Å². The van der Waals surface area contributed by atoms with Crippen molar-refractivity contribution in [3.63, 3.8) is 0 Å². The molecule has 2 atom stereocenters. The summed E-state index contributed by atoms with van der Waals surface area (Å²) in [6, 6.07) is 3.42. The van der Waals surface area contributed by atoms with Gasteiger partial charge in [-0.1, -0.05) is 0 Å². The predicted molar refractivity (Wildman–Crippen MR) is 94.8 cm³/mol. The minimum absolute atomic E-state index is 0.210. The first kappa shape index (κ1) is 17.3. The quantitative estimate of drug-likeness (QED) is 0.846. The molecule has 0 spiro atoms. The van der Waals surface area contributed by atoms with Crippen molar-refractivity contribution in [2.75, 3.05) is 13.2 Å². The lowest BCUT2D eigenvalue weighted by molar-refractivity contribution is -0.141. The number of carbonyl (C=O) groups excluding carboxylic acids is 1. The number of pyridine rings is 1. The Kier molecular flexibility index (Phi) is 3.96. The largest absolute Gasteiger partial charge is 0.444 e. The van der Waals surface area contributed by atoms with Crippen LogP contribution in [0, 0.1) is 0 Å². The zero-order chi connectivity index (χ0) is 18.5. The van der Waals surface area contributed by atoms with Gasteiger partial charge in [-0.25, -0.2) is 9.78 Å². The van der Waals surface area contributed by atoms with E-state index < -0.39 is 11.2 Å². The summed E-state index contributed by atoms with van der Waals surface area (Å²) in [6.07, 6.45) is 6.01. The third-order valence-corrected chi connectivity index (χ3v) is 5.09. The van der Waals surface area contributed by atoms with Crippen LogP contribution in [-0.4, -0.2) is 56.4 Å². The van der Waals surface area contributed by atoms with Crippen LogP contribution in [0.4, 0.5) is 4.79 Å². The minimum Gasteiger partial charge on any atom is -0.444 e. The standard InChI is InChI=1S/C19H25N3O4/c1-18(2,3)26-17(23)22-14-9-19(24,10-15(22)12-25-11-14)13-4-6-21-7-5-20-16(21)8-13/h4-8,14-15,24H,9-12H2,1-3H3. The van der Waals surface area contributed by atoms with Crippen LogP contribution in [0.15, 0.2) is 30.7 Å². The summed E-state index contributed by atoms with van der Waals surface area (Å²) in [5.41, 5.74) is 0.0701. The molecule has 0 aromatic carbocycles. The molecule has 4 heterocycles. The Bertz CT molecular complexity index is 812. The molecule has 2 aromatic heterocycles. The molecule has 0 radical (unpaired) electrons. The molecule has 2 unspecified atom stereocenters. The number of amides is 1. The number of aromatic nitrogens is 2. The molecular formula is C19H25N3O4. The van der Waals surface area contributed by atoms with Gasteiger partial charge in [-0.2, -0.15) is 0 Å². The van der Waals surface area contributed by atoms with Gasteiger partial charge in [0.1, 0.15) is 11.2 Å². The van der Waals surface area contributed by atoms with Gasteiger partial charge in [0.2, 0.25) is 0 Å². The van der Waals surface area contributed by atoms with Crippen LogP contribution >= 0.6 is 0 Å². The van der Waals surface area contributed by atoms with Gasteiger partial charge >= 0.3 is 6.09 Å². The first-order chi connectivity index (χ1) is 12.3. The van der Waals surface area contributed by atoms with Crippen LogP contribution in [0.1, 0.15) is 39.2 Å². The van der Waals surface area contributed by atoms with Crippen molar-refractivity contribution in [1.82, 2.24) is 14.3 Å². The summed E-state index contributed by atoms with van der Waals surface area (Å²) >= 11 is 0. The molecule has 2 saturated heterocycles. The number of fused-ring (bicyclic) bond motifs is 3. The predicted octanol–water partition coefficient (Wildman–Crippen LogP) is 2.32. The fraction of sp³-hybridized carbons (Fsp3) is 0.579. The molecule has 2 bridgehead atoms. The van der Waals surface area contributed by atoms with E-state index >= 15 is 0 Å². The van der Waals surface area contributed by atoms with Crippen LogP contribution < -0.4 is 0 Å². The highest BCUT2D eigenvalue weighted by molar-refractivity contribution is 5.69. The molecule has 2 aromatic rings. The number of rotatable bonds is 1. The number of morpholine rings is 1. The topological polar surface area (TPSA) is 76.3 Å². The Hall–Kier alpha value is -2.12. The fourth-order valence-corrected chi connectivity index (χ4v) is 4.02. The SMILES string of the molecule is CC(C)(C)OC(=O)N1C2COCC1CC(O)(c1ccn3ccnc3c1)C2. The molecule has 0 aliphatic carbocycles. The summed E-state index contributed by atoms with van der Waals surface area (Å²) in [5, 5.41) is 11.4. The van der Waals surface area contributed by atoms with Crippen LogP contribution in [0.25, 0.3) is 5.65 Å². The second-order valence-corrected chi connectivity index (χ2v) is 8.28. The van der Waals surface area contributed by atoms with Gasteiger partial charge < -0.3 is 19.0 Å². The summed E-state index contributed by atoms with van der Waals surface area (Å²) in [4.78, 5) is 18.7. The van der Waals surface area contributed by atoms with E-state index in [1.807, 2.05) is 49.7 Å². The van der Waals surface area contributed by atoms with Crippen molar-refractivity contribution >= 4 is 11.7 Å². The Morgan fingerprint density at radius 3 is 2.65 bits per heavy atom. The second-order valence-electron chi connectivity index (χ2n) is 8.28. The Labute approximate surface area is 152 Å². The smallest absolute Gasteiger partial charge is 0.410 e. The van der Waals surface area contributed by atoms with E-state index in [9.17, 15) is 9.90 Å². The number of aliphatic hydroxyl groups is 1. The van der Waals surface area contributed by atoms with Crippen molar-refractivity contribution in [3.05, 3.63) is 36.3 Å². The molecule has 26 heavy (non-hydrogen) atoms. The number of piperidine rings is 1. The number of ether oxygens (including phenoxy) is 2. The number of imidazole rings is 1. The second kappa shape index (κ2) is 5.96. The monoisotopic (exact) mass is 359 g/mol. The lowest BCUT2D eigenvalue weighted by Gasteiger charge is -2.51. The van der Waals surface area contributed by atoms with Gasteiger partial charge in [-0.05, 0) is 38.5 Å². The summed E-state index contributed by atoms with van der Waals surface area (Å²) in [7, 11) is 0. The molecule has 7 heteroatoms. The minimum atomic E-state index is -1.01. The van der Waals surface area contributed by atoms with Crippen molar-refractivity contribution < 1.29 is 19.4 Å². The van der Waals surface area contributed by atoms with E-state index in [1.54, 1.807) is 11.1 Å². The average Bonchev–Trinajstić information content (AvgIpc) is 2.99. The normalized spacial score (nSPS) is 29.0. The number of nitrogens with zero attached hydrogens (tertiary/aromatic N) is 3. The number of hydrogen-bond acceptors (Lipinski definition) is 5. The third-order valence-electron chi connectivity index (χ3n) is 5.09. The van der Waals surface area contributed by atoms with E-state index in [2.05, 4.69) is 4.98 Å². The van der Waals surface area contributed by atoms with Crippen LogP contribution in [0.2, 0.25) is 0 Å². The van der Waals surface area contributed by atoms with E-state index in [0.717, 1.165) is 11.2 Å². The molecular weight excluding hydrogens is 334 g/mol. The van der Waals surface area contributed by atoms with Gasteiger partial charge in [-0.3, -0.25) is 4.90 Å². The summed E-state index contributed by atoms with van der Waals surface area (Å²) in [5.74, 6) is 0. The third kappa shape index (κ3) is 3.05. The van der Waals surface area contributed by atoms with Crippen LogP contribution in [0.3, 0.4) is 0 Å². The highest BCUT2D eigenvalue weighted by Crippen LogP contribution is 2.41. The molecule has 1 N–H and O–H groups in total. The maximum Gasteiger partial charge on any atom is 0.410 e. The van der Waals surface area contributed by atoms with Crippen LogP contribution in [0.5, 0.6) is 0 Å². The first-order valence-electron chi connectivity index (χ1n) is 9.00. The van der Waals surface area contributed by atoms with Gasteiger partial charge in [0.25, 0.3) is 0 Å². The average molecular weight is 359 g/mol. The zero-order valence-corrected chi connectivity index (χ0v) is 15.4. The fourth-order valence-electron chi connectivity index (χ4n) is 4.02. The lowest BCUT2D eigenvalue weighted by Crippen LogP contribution is -2.63. The highest BCUT2D eigenvalue weighted by Gasteiger charge is 2.49. The molecule has 7 nitrogen and oxygen atoms in total. The Balaban J connectivity index is 1.61. The van der Waals surface area contributed by atoms with E-state index in [1.165, 1.54) is 0 Å². The Morgan fingerprint density at radius 2 is 2.00 bits per heavy atom. The van der Waals surface area contributed by atoms with Crippen molar-refractivity contribution in [3.8, 4) is 0 Å². The van der Waals surface area contributed by atoms with E-state index in [-0.39, 0.29) is 18.2 Å². The lowest BCUT2D eigenvalue weighted by atomic mass is 9.77. The zero-order valence-electron chi connectivity index (χ0n) is 15.4. The molecule has 4 rings (SSSR count). The molecule has 2 fully saturated rings. The molecule has 1 amide bonds. The van der Waals surface area contributed by atoms with Gasteiger partial charge in [0.05, 0.1) is 30.9 Å². The summed E-state index contributed by atoms with van der Waals surface area (Å²) < 4.78 is 13.1. The molecule has 140 valence electrons. The Morgan fingerprint density at radius 1 is 1.31 bits per heavy atom. The maximum atomic E-state index is 12.7. The van der Waals surface area contributed by atoms with E-state index in [4.69, 9.17) is 9.47 Å². The summed E-state index contributed by atoms with van der Waals surface area (Å²) in [6.45, 7) is 6.39. The number of carbonyl (C=O) groups is 1. The van der Waals surface area contributed by atoms with Crippen molar-refractivity contribution in [1.29, 1.82) is 0 Å². The van der Waals surface area contributed by atoms with Crippen LogP contribution in [-0.2, 0) is 15.1 Å². The van der Waals surface area contributed by atoms with Crippen molar-refractivity contribution in [2.45, 2.75) is 56.9 Å². The van der Waals surface area contributed by atoms with E-state index in [0.29, 0.717) is 26.1 Å². The van der Waals surface area contributed by atoms with Gasteiger partial charge in [0.15, 0.2) is 0 Å². The maximum absolute atomic E-state index is 12.7. The first-order valence-corrected chi connectivity index (χ1v) is 9.00. The van der Waals surface area contributed by atoms with Gasteiger partial charge in [0, 0.05) is 31.4 Å². The molecule has 2 aliphatic rings. The molecule has 0 saturated carbocycles. The molecule has 2 aliphatic heterocycles. The highest BCUT2D eigenvalue weighted by atomic mass is 16.6.